The monoisotopic (exact) mass is 314 g/mol. The van der Waals surface area contributed by atoms with Gasteiger partial charge >= 0.3 is 0 Å². The quantitative estimate of drug-likeness (QED) is 0.945. The number of amides is 1. The van der Waals surface area contributed by atoms with Crippen molar-refractivity contribution < 1.29 is 13.6 Å². The molecule has 3 rings (SSSR count). The average molecular weight is 314 g/mol. The molecule has 116 valence electrons. The summed E-state index contributed by atoms with van der Waals surface area (Å²) >= 11 is 0. The number of anilines is 2. The molecule has 1 unspecified atom stereocenters. The Kier molecular flexibility index (Phi) is 3.89. The number of nitriles is 1. The highest BCUT2D eigenvalue weighted by Gasteiger charge is 2.35. The van der Waals surface area contributed by atoms with E-state index in [1.165, 1.54) is 12.3 Å². The summed E-state index contributed by atoms with van der Waals surface area (Å²) in [5.41, 5.74) is 0.0814. The van der Waals surface area contributed by atoms with Gasteiger partial charge < -0.3 is 10.2 Å². The van der Waals surface area contributed by atoms with Crippen LogP contribution >= 0.6 is 0 Å². The molecular weight excluding hydrogens is 302 g/mol. The number of para-hydroxylation sites is 1. The number of halogens is 2. The lowest BCUT2D eigenvalue weighted by Gasteiger charge is -2.18. The van der Waals surface area contributed by atoms with Gasteiger partial charge in [-0.25, -0.2) is 13.8 Å². The highest BCUT2D eigenvalue weighted by Crippen LogP contribution is 2.28. The summed E-state index contributed by atoms with van der Waals surface area (Å²) < 4.78 is 27.6. The zero-order valence-electron chi connectivity index (χ0n) is 12.0. The van der Waals surface area contributed by atoms with Crippen molar-refractivity contribution in [1.82, 2.24) is 4.98 Å². The molecule has 1 aliphatic rings. The Bertz CT molecular complexity index is 765. The van der Waals surface area contributed by atoms with E-state index in [9.17, 15) is 13.6 Å². The third-order valence-electron chi connectivity index (χ3n) is 3.63. The van der Waals surface area contributed by atoms with Gasteiger partial charge in [0.1, 0.15) is 35.3 Å². The summed E-state index contributed by atoms with van der Waals surface area (Å²) in [7, 11) is 0. The number of nitrogens with one attached hydrogen (secondary N) is 1. The standard InChI is InChI=1S/C16H12F2N4O/c17-11-2-1-3-12(18)15(11)22-7-6-13(16(22)23)21-14-5-4-10(8-19)9-20-14/h1-5,9,13H,6-7H2,(H,20,21). The van der Waals surface area contributed by atoms with E-state index in [4.69, 9.17) is 5.26 Å². The number of benzene rings is 1. The zero-order valence-corrected chi connectivity index (χ0v) is 12.0. The molecule has 2 heterocycles. The number of carbonyl (C=O) groups is 1. The summed E-state index contributed by atoms with van der Waals surface area (Å²) in [4.78, 5) is 17.5. The van der Waals surface area contributed by atoms with Gasteiger partial charge in [-0.1, -0.05) is 6.07 Å². The Hall–Kier alpha value is -3.01. The first-order valence-electron chi connectivity index (χ1n) is 6.98. The first-order valence-corrected chi connectivity index (χ1v) is 6.98. The normalized spacial score (nSPS) is 17.2. The number of rotatable bonds is 3. The Labute approximate surface area is 131 Å². The lowest BCUT2D eigenvalue weighted by atomic mass is 10.2. The van der Waals surface area contributed by atoms with Crippen molar-refractivity contribution >= 4 is 17.4 Å². The fourth-order valence-corrected chi connectivity index (χ4v) is 2.51. The molecule has 1 saturated heterocycles. The molecule has 1 atom stereocenters. The van der Waals surface area contributed by atoms with Crippen LogP contribution in [0.25, 0.3) is 0 Å². The first kappa shape index (κ1) is 14.9. The van der Waals surface area contributed by atoms with Gasteiger partial charge in [-0.05, 0) is 30.7 Å². The lowest BCUT2D eigenvalue weighted by Crippen LogP contribution is -2.34. The lowest BCUT2D eigenvalue weighted by molar-refractivity contribution is -0.117. The summed E-state index contributed by atoms with van der Waals surface area (Å²) in [6, 6.07) is 7.98. The predicted octanol–water partition coefficient (Wildman–Crippen LogP) is 2.45. The summed E-state index contributed by atoms with van der Waals surface area (Å²) in [5.74, 6) is -1.52. The van der Waals surface area contributed by atoms with E-state index in [0.29, 0.717) is 17.8 Å². The van der Waals surface area contributed by atoms with Gasteiger partial charge in [-0.15, -0.1) is 0 Å². The van der Waals surface area contributed by atoms with Crippen LogP contribution in [-0.4, -0.2) is 23.5 Å². The molecule has 0 radical (unpaired) electrons. The fourth-order valence-electron chi connectivity index (χ4n) is 2.51. The van der Waals surface area contributed by atoms with Crippen molar-refractivity contribution in [3.8, 4) is 6.07 Å². The van der Waals surface area contributed by atoms with Crippen LogP contribution in [0.4, 0.5) is 20.3 Å². The molecule has 0 bridgehead atoms. The average Bonchev–Trinajstić information content (AvgIpc) is 2.89. The second-order valence-corrected chi connectivity index (χ2v) is 5.09. The van der Waals surface area contributed by atoms with E-state index in [2.05, 4.69) is 10.3 Å². The van der Waals surface area contributed by atoms with Gasteiger partial charge in [0.2, 0.25) is 5.91 Å². The molecule has 7 heteroatoms. The third-order valence-corrected chi connectivity index (χ3v) is 3.63. The number of hydrogen-bond acceptors (Lipinski definition) is 4. The van der Waals surface area contributed by atoms with E-state index < -0.39 is 23.6 Å². The molecule has 1 aromatic heterocycles. The molecular formula is C16H12F2N4O. The molecule has 1 fully saturated rings. The van der Waals surface area contributed by atoms with Crippen LogP contribution in [0.3, 0.4) is 0 Å². The zero-order chi connectivity index (χ0) is 16.4. The minimum atomic E-state index is -0.768. The van der Waals surface area contributed by atoms with Crippen molar-refractivity contribution in [2.45, 2.75) is 12.5 Å². The third kappa shape index (κ3) is 2.83. The van der Waals surface area contributed by atoms with Crippen LogP contribution in [0.2, 0.25) is 0 Å². The van der Waals surface area contributed by atoms with E-state index in [1.54, 1.807) is 12.1 Å². The topological polar surface area (TPSA) is 69.0 Å². The molecule has 1 amide bonds. The predicted molar refractivity (Wildman–Crippen MR) is 79.7 cm³/mol. The van der Waals surface area contributed by atoms with Gasteiger partial charge in [0.25, 0.3) is 0 Å². The van der Waals surface area contributed by atoms with Crippen molar-refractivity contribution in [1.29, 1.82) is 5.26 Å². The van der Waals surface area contributed by atoms with Gasteiger partial charge in [0, 0.05) is 12.7 Å². The molecule has 1 aromatic carbocycles. The Balaban J connectivity index is 1.77. The summed E-state index contributed by atoms with van der Waals surface area (Å²) in [6.07, 6.45) is 1.78. The fraction of sp³-hybridized carbons (Fsp3) is 0.188. The minimum Gasteiger partial charge on any atom is -0.358 e. The van der Waals surface area contributed by atoms with E-state index in [-0.39, 0.29) is 12.2 Å². The van der Waals surface area contributed by atoms with Crippen LogP contribution in [0.1, 0.15) is 12.0 Å². The second-order valence-electron chi connectivity index (χ2n) is 5.09. The molecule has 0 aliphatic carbocycles. The van der Waals surface area contributed by atoms with E-state index >= 15 is 0 Å². The van der Waals surface area contributed by atoms with Crippen molar-refractivity contribution in [3.05, 3.63) is 53.7 Å². The van der Waals surface area contributed by atoms with E-state index in [0.717, 1.165) is 17.0 Å². The number of nitrogens with zero attached hydrogens (tertiary/aromatic N) is 3. The highest BCUT2D eigenvalue weighted by atomic mass is 19.1. The van der Waals surface area contributed by atoms with Gasteiger partial charge in [0.05, 0.1) is 5.56 Å². The van der Waals surface area contributed by atoms with Gasteiger partial charge in [0.15, 0.2) is 0 Å². The molecule has 2 aromatic rings. The maximum Gasteiger partial charge on any atom is 0.249 e. The SMILES string of the molecule is N#Cc1ccc(NC2CCN(c3c(F)cccc3F)C2=O)nc1. The summed E-state index contributed by atoms with van der Waals surface area (Å²) in [5, 5.41) is 11.6. The number of aromatic nitrogens is 1. The van der Waals surface area contributed by atoms with Crippen molar-refractivity contribution in [2.24, 2.45) is 0 Å². The summed E-state index contributed by atoms with van der Waals surface area (Å²) in [6.45, 7) is 0.213. The van der Waals surface area contributed by atoms with Crippen LogP contribution in [0, 0.1) is 23.0 Å². The largest absolute Gasteiger partial charge is 0.358 e. The molecule has 0 spiro atoms. The smallest absolute Gasteiger partial charge is 0.249 e. The van der Waals surface area contributed by atoms with Gasteiger partial charge in [-0.2, -0.15) is 5.26 Å². The van der Waals surface area contributed by atoms with Gasteiger partial charge in [-0.3, -0.25) is 4.79 Å². The van der Waals surface area contributed by atoms with E-state index in [1.807, 2.05) is 6.07 Å². The van der Waals surface area contributed by atoms with Crippen molar-refractivity contribution in [3.63, 3.8) is 0 Å². The molecule has 0 saturated carbocycles. The van der Waals surface area contributed by atoms with Crippen LogP contribution < -0.4 is 10.2 Å². The Morgan fingerprint density at radius 1 is 1.26 bits per heavy atom. The molecule has 1 aliphatic heterocycles. The van der Waals surface area contributed by atoms with Crippen molar-refractivity contribution in [2.75, 3.05) is 16.8 Å². The number of carbonyl (C=O) groups excluding carboxylic acids is 1. The van der Waals surface area contributed by atoms with Crippen LogP contribution in [0.15, 0.2) is 36.5 Å². The Morgan fingerprint density at radius 3 is 2.61 bits per heavy atom. The maximum atomic E-state index is 13.8. The molecule has 5 nitrogen and oxygen atoms in total. The molecule has 23 heavy (non-hydrogen) atoms. The maximum absolute atomic E-state index is 13.8. The highest BCUT2D eigenvalue weighted by molar-refractivity contribution is 6.01. The molecule has 1 N–H and O–H groups in total. The van der Waals surface area contributed by atoms with Crippen LogP contribution in [0.5, 0.6) is 0 Å². The number of pyridine rings is 1. The number of hydrogen-bond donors (Lipinski definition) is 1. The second kappa shape index (κ2) is 6.01. The Morgan fingerprint density at radius 2 is 2.00 bits per heavy atom. The first-order chi connectivity index (χ1) is 11.1. The minimum absolute atomic E-state index is 0.213. The van der Waals surface area contributed by atoms with Crippen LogP contribution in [-0.2, 0) is 4.79 Å².